The Bertz CT molecular complexity index is 6.00. The average molecular weight is 279 g/mol. The molecule has 0 radical (unpaired) electrons. The molecule has 4 N–H and O–H groups in total. The standard InChI is InChI=1S/2HI.Li.H3N/h2*1H;;1H3/q;;+1;/p-1. The maximum atomic E-state index is 0. The number of halogens is 2. The van der Waals surface area contributed by atoms with Crippen LogP contribution in [0.2, 0.25) is 0 Å². The molecule has 0 aromatic carbocycles. The topological polar surface area (TPSA) is 36.5 Å². The van der Waals surface area contributed by atoms with Gasteiger partial charge in [0.15, 0.2) is 0 Å². The third kappa shape index (κ3) is 8.99. The monoisotopic (exact) mass is 279 g/mol. The molecule has 1 nitrogen and oxygen atoms in total. The van der Waals surface area contributed by atoms with Crippen molar-refractivity contribution in [2.75, 3.05) is 0 Å². The van der Waals surface area contributed by atoms with Gasteiger partial charge in [0.2, 0.25) is 0 Å². The van der Waals surface area contributed by atoms with Gasteiger partial charge >= 0.3 is 18.9 Å². The van der Waals surface area contributed by atoms with E-state index in [1.807, 2.05) is 0 Å². The van der Waals surface area contributed by atoms with Gasteiger partial charge in [0.05, 0.1) is 0 Å². The van der Waals surface area contributed by atoms with E-state index in [0.29, 0.717) is 0 Å². The van der Waals surface area contributed by atoms with Crippen LogP contribution in [0.5, 0.6) is 0 Å². The van der Waals surface area contributed by atoms with Crippen molar-refractivity contribution < 1.29 is 66.8 Å². The quantitative estimate of drug-likeness (QED) is 0.338. The Hall–Kier alpha value is 2.02. The number of hydrogen-bond donors (Lipinski definition) is 1. The van der Waals surface area contributed by atoms with E-state index in [1.165, 1.54) is 0 Å². The zero-order valence-electron chi connectivity index (χ0n) is 2.76. The van der Waals surface area contributed by atoms with Crippen LogP contribution >= 0.6 is 0 Å². The number of rotatable bonds is 0. The van der Waals surface area contributed by atoms with Gasteiger partial charge in [0, 0.05) is 0 Å². The fourth-order valence-corrected chi connectivity index (χ4v) is 0. The minimum Gasteiger partial charge on any atom is -1.00 e. The molecule has 0 saturated heterocycles. The molecule has 0 bridgehead atoms. The largest absolute Gasteiger partial charge is 1.00 e. The first-order chi connectivity index (χ1) is 0. The summed E-state index contributed by atoms with van der Waals surface area (Å²) < 4.78 is 0. The van der Waals surface area contributed by atoms with Crippen LogP contribution in [0.3, 0.4) is 0 Å². The molecule has 0 aromatic rings. The maximum absolute atomic E-state index is 0. The summed E-state index contributed by atoms with van der Waals surface area (Å²) in [6, 6.07) is 0. The molecule has 0 saturated carbocycles. The fraction of sp³-hybridized carbons (Fsp3) is 0. The SMILES string of the molecule is [I-].[I-].[Li+].[NH4+]. The number of quaternary nitrogens is 1. The normalized spacial score (nSPS) is 0. The molecule has 0 aliphatic carbocycles. The van der Waals surface area contributed by atoms with Gasteiger partial charge in [-0.05, 0) is 0 Å². The Morgan fingerprint density at radius 2 is 0.750 bits per heavy atom. The van der Waals surface area contributed by atoms with Crippen molar-refractivity contribution in [3.63, 3.8) is 0 Å². The Labute approximate surface area is 72.1 Å². The van der Waals surface area contributed by atoms with Crippen molar-refractivity contribution in [2.24, 2.45) is 0 Å². The molecule has 4 heteroatoms. The van der Waals surface area contributed by atoms with Gasteiger partial charge in [-0.2, -0.15) is 0 Å². The second-order valence-electron chi connectivity index (χ2n) is 0. The van der Waals surface area contributed by atoms with Crippen molar-refractivity contribution in [2.45, 2.75) is 0 Å². The average Bonchev–Trinajstić information content (AvgIpc) is 0. The molecule has 0 heterocycles. The molecule has 0 rings (SSSR count). The second kappa shape index (κ2) is 19.9. The predicted octanol–water partition coefficient (Wildman–Crippen LogP) is -8.61. The van der Waals surface area contributed by atoms with Crippen LogP contribution in [0.25, 0.3) is 0 Å². The molecule has 0 aliphatic heterocycles. The molecule has 0 amide bonds. The minimum absolute atomic E-state index is 0. The Morgan fingerprint density at radius 3 is 0.750 bits per heavy atom. The summed E-state index contributed by atoms with van der Waals surface area (Å²) in [5, 5.41) is 0. The van der Waals surface area contributed by atoms with Gasteiger partial charge in [-0.25, -0.2) is 0 Å². The summed E-state index contributed by atoms with van der Waals surface area (Å²) in [4.78, 5) is 0. The van der Waals surface area contributed by atoms with E-state index in [2.05, 4.69) is 0 Å². The van der Waals surface area contributed by atoms with Crippen molar-refractivity contribution in [3.8, 4) is 0 Å². The molecule has 4 heavy (non-hydrogen) atoms. The summed E-state index contributed by atoms with van der Waals surface area (Å²) in [5.41, 5.74) is 0. The smallest absolute Gasteiger partial charge is 1.00 e. The molecule has 0 unspecified atom stereocenters. The van der Waals surface area contributed by atoms with Crippen molar-refractivity contribution in [1.82, 2.24) is 6.15 Å². The van der Waals surface area contributed by atoms with Gasteiger partial charge in [0.1, 0.15) is 0 Å². The van der Waals surface area contributed by atoms with E-state index in [4.69, 9.17) is 0 Å². The van der Waals surface area contributed by atoms with Gasteiger partial charge in [0.25, 0.3) is 0 Å². The third-order valence-electron chi connectivity index (χ3n) is 0. The third-order valence-corrected chi connectivity index (χ3v) is 0. The van der Waals surface area contributed by atoms with Gasteiger partial charge in [-0.15, -0.1) is 0 Å². The Balaban J connectivity index is 0. The summed E-state index contributed by atoms with van der Waals surface area (Å²) in [7, 11) is 0. The van der Waals surface area contributed by atoms with E-state index in [-0.39, 0.29) is 73.0 Å². The van der Waals surface area contributed by atoms with Crippen LogP contribution in [0, 0.1) is 0 Å². The van der Waals surface area contributed by atoms with Crippen LogP contribution in [0.4, 0.5) is 0 Å². The van der Waals surface area contributed by atoms with Crippen LogP contribution in [0.15, 0.2) is 0 Å². The maximum Gasteiger partial charge on any atom is 1.00 e. The summed E-state index contributed by atoms with van der Waals surface area (Å²) in [6.45, 7) is 0. The molecule has 0 spiro atoms. The fourth-order valence-electron chi connectivity index (χ4n) is 0. The molecule has 0 fully saturated rings. The van der Waals surface area contributed by atoms with Crippen molar-refractivity contribution in [1.29, 1.82) is 0 Å². The summed E-state index contributed by atoms with van der Waals surface area (Å²) in [5.74, 6) is 0. The number of hydrogen-bond acceptors (Lipinski definition) is 0. The summed E-state index contributed by atoms with van der Waals surface area (Å²) >= 11 is 0. The van der Waals surface area contributed by atoms with Crippen LogP contribution in [-0.2, 0) is 0 Å². The van der Waals surface area contributed by atoms with Crippen LogP contribution < -0.4 is 73.0 Å². The van der Waals surface area contributed by atoms with Crippen LogP contribution in [-0.4, -0.2) is 0 Å². The first kappa shape index (κ1) is 37.2. The first-order valence-corrected chi connectivity index (χ1v) is 0. The van der Waals surface area contributed by atoms with E-state index in [1.54, 1.807) is 0 Å². The first-order valence-electron chi connectivity index (χ1n) is 0. The molecular formula is H4I2LiN. The second-order valence-corrected chi connectivity index (χ2v) is 0. The minimum atomic E-state index is 0. The van der Waals surface area contributed by atoms with Gasteiger partial charge in [-0.3, -0.25) is 0 Å². The zero-order chi connectivity index (χ0) is 0. The zero-order valence-corrected chi connectivity index (χ0v) is 7.07. The predicted molar refractivity (Wildman–Crippen MR) is 5.98 cm³/mol. The van der Waals surface area contributed by atoms with Gasteiger partial charge < -0.3 is 54.1 Å². The van der Waals surface area contributed by atoms with E-state index in [9.17, 15) is 0 Å². The molecule has 0 atom stereocenters. The Kier molecular flexibility index (Phi) is 185. The molecule has 24 valence electrons. The van der Waals surface area contributed by atoms with E-state index >= 15 is 0 Å². The molecular weight excluding hydrogens is 275 g/mol. The molecule has 0 aromatic heterocycles. The van der Waals surface area contributed by atoms with Crippen molar-refractivity contribution in [3.05, 3.63) is 0 Å². The summed E-state index contributed by atoms with van der Waals surface area (Å²) in [6.07, 6.45) is 0. The van der Waals surface area contributed by atoms with Gasteiger partial charge in [-0.1, -0.05) is 0 Å². The van der Waals surface area contributed by atoms with E-state index < -0.39 is 0 Å². The van der Waals surface area contributed by atoms with Crippen LogP contribution in [0.1, 0.15) is 0 Å². The van der Waals surface area contributed by atoms with E-state index in [0.717, 1.165) is 0 Å². The molecule has 0 aliphatic rings. The van der Waals surface area contributed by atoms with Crippen molar-refractivity contribution >= 4 is 0 Å². The Morgan fingerprint density at radius 1 is 0.750 bits per heavy atom.